The van der Waals surface area contributed by atoms with E-state index in [-0.39, 0.29) is 11.4 Å². The van der Waals surface area contributed by atoms with E-state index in [4.69, 9.17) is 0 Å². The van der Waals surface area contributed by atoms with E-state index in [9.17, 15) is 18.0 Å². The number of carbonyl (C=O) groups is 1. The number of halogens is 3. The van der Waals surface area contributed by atoms with E-state index >= 15 is 0 Å². The van der Waals surface area contributed by atoms with Gasteiger partial charge in [-0.25, -0.2) is 4.68 Å². The molecule has 0 saturated heterocycles. The molecule has 1 N–H and O–H groups in total. The van der Waals surface area contributed by atoms with Gasteiger partial charge in [0.2, 0.25) is 0 Å². The molecule has 7 nitrogen and oxygen atoms in total. The maximum absolute atomic E-state index is 12.5. The number of hydrogen-bond donors (Lipinski definition) is 1. The second-order valence-corrected chi connectivity index (χ2v) is 5.61. The van der Waals surface area contributed by atoms with Crippen molar-refractivity contribution in [2.24, 2.45) is 0 Å². The molecule has 0 aliphatic heterocycles. The van der Waals surface area contributed by atoms with Crippen molar-refractivity contribution in [2.45, 2.75) is 20.2 Å². The molecule has 0 radical (unpaired) electrons. The molecular weight excluding hydrogens is 363 g/mol. The van der Waals surface area contributed by atoms with Crippen LogP contribution in [0, 0.1) is 13.8 Å². The van der Waals surface area contributed by atoms with Crippen LogP contribution in [0.1, 0.15) is 21.9 Å². The zero-order chi connectivity index (χ0) is 19.6. The van der Waals surface area contributed by atoms with Gasteiger partial charge in [-0.2, -0.15) is 5.10 Å². The summed E-state index contributed by atoms with van der Waals surface area (Å²) in [6, 6.07) is 10.0. The molecule has 3 aromatic rings. The summed E-state index contributed by atoms with van der Waals surface area (Å²) in [4.78, 5) is 12.3. The lowest BCUT2D eigenvalue weighted by Gasteiger charge is -2.13. The average molecular weight is 377 g/mol. The summed E-state index contributed by atoms with van der Waals surface area (Å²) in [6.45, 7) is 3.68. The highest BCUT2D eigenvalue weighted by Gasteiger charge is 2.32. The Morgan fingerprint density at radius 1 is 1.11 bits per heavy atom. The first-order valence-corrected chi connectivity index (χ1v) is 7.76. The van der Waals surface area contributed by atoms with Gasteiger partial charge < -0.3 is 10.1 Å². The Kier molecular flexibility index (Phi) is 4.80. The smallest absolute Gasteiger partial charge is 0.404 e. The molecule has 3 rings (SSSR count). The highest BCUT2D eigenvalue weighted by Crippen LogP contribution is 2.30. The van der Waals surface area contributed by atoms with Crippen LogP contribution in [-0.2, 0) is 0 Å². The Balaban J connectivity index is 1.79. The fraction of sp³-hybridized carbons (Fsp3) is 0.176. The number of nitrogens with one attached hydrogen (secondary N) is 1. The molecule has 0 aliphatic carbocycles. The Morgan fingerprint density at radius 3 is 2.44 bits per heavy atom. The Labute approximate surface area is 151 Å². The number of nitrogens with zero attached hydrogens (tertiary/aromatic N) is 4. The minimum absolute atomic E-state index is 0.0675. The third kappa shape index (κ3) is 4.40. The van der Waals surface area contributed by atoms with Gasteiger partial charge in [-0.15, -0.1) is 23.4 Å². The summed E-state index contributed by atoms with van der Waals surface area (Å²) < 4.78 is 42.8. The first kappa shape index (κ1) is 18.4. The standard InChI is InChI=1S/C17H14F3N5O2/c1-10-9-11(2)25(24-10)15-8-7-13(22-23-15)16(26)21-12-5-3-4-6-14(12)27-17(18,19)20/h3-9H,1-2H3,(H,21,26). The molecule has 0 unspecified atom stereocenters. The lowest BCUT2D eigenvalue weighted by Crippen LogP contribution is -2.20. The normalized spacial score (nSPS) is 11.3. The maximum atomic E-state index is 12.5. The van der Waals surface area contributed by atoms with Crippen LogP contribution >= 0.6 is 0 Å². The first-order valence-electron chi connectivity index (χ1n) is 7.76. The van der Waals surface area contributed by atoms with Crippen molar-refractivity contribution >= 4 is 11.6 Å². The van der Waals surface area contributed by atoms with Crippen molar-refractivity contribution in [3.05, 3.63) is 59.5 Å². The second kappa shape index (κ2) is 7.06. The van der Waals surface area contributed by atoms with E-state index in [1.54, 1.807) is 10.7 Å². The van der Waals surface area contributed by atoms with Crippen LogP contribution < -0.4 is 10.1 Å². The Hall–Kier alpha value is -3.43. The van der Waals surface area contributed by atoms with Gasteiger partial charge in [0.25, 0.3) is 5.91 Å². The summed E-state index contributed by atoms with van der Waals surface area (Å²) >= 11 is 0. The summed E-state index contributed by atoms with van der Waals surface area (Å²) in [6.07, 6.45) is -4.87. The average Bonchev–Trinajstić information content (AvgIpc) is 2.94. The number of para-hydroxylation sites is 2. The van der Waals surface area contributed by atoms with E-state index in [2.05, 4.69) is 25.3 Å². The quantitative estimate of drug-likeness (QED) is 0.753. The van der Waals surface area contributed by atoms with Crippen molar-refractivity contribution in [2.75, 3.05) is 5.32 Å². The predicted molar refractivity (Wildman–Crippen MR) is 89.7 cm³/mol. The molecule has 27 heavy (non-hydrogen) atoms. The number of ether oxygens (including phenoxy) is 1. The molecule has 140 valence electrons. The third-order valence-electron chi connectivity index (χ3n) is 3.47. The van der Waals surface area contributed by atoms with Crippen LogP contribution in [0.3, 0.4) is 0 Å². The van der Waals surface area contributed by atoms with Gasteiger partial charge in [-0.05, 0) is 44.2 Å². The topological polar surface area (TPSA) is 81.9 Å². The van der Waals surface area contributed by atoms with Gasteiger partial charge in [0.1, 0.15) is 0 Å². The van der Waals surface area contributed by atoms with Crippen molar-refractivity contribution in [1.82, 2.24) is 20.0 Å². The third-order valence-corrected chi connectivity index (χ3v) is 3.47. The van der Waals surface area contributed by atoms with Gasteiger partial charge in [0.15, 0.2) is 17.3 Å². The largest absolute Gasteiger partial charge is 0.573 e. The highest BCUT2D eigenvalue weighted by molar-refractivity contribution is 6.03. The Morgan fingerprint density at radius 2 is 1.85 bits per heavy atom. The molecule has 0 fully saturated rings. The van der Waals surface area contributed by atoms with Crippen molar-refractivity contribution < 1.29 is 22.7 Å². The first-order chi connectivity index (χ1) is 12.7. The number of rotatable bonds is 4. The molecule has 0 bridgehead atoms. The van der Waals surface area contributed by atoms with Gasteiger partial charge in [0, 0.05) is 5.69 Å². The molecule has 0 spiro atoms. The molecule has 2 heterocycles. The van der Waals surface area contributed by atoms with E-state index in [1.807, 2.05) is 19.9 Å². The van der Waals surface area contributed by atoms with Crippen LogP contribution in [-0.4, -0.2) is 32.2 Å². The molecule has 1 aromatic carbocycles. The molecule has 10 heteroatoms. The highest BCUT2D eigenvalue weighted by atomic mass is 19.4. The number of aryl methyl sites for hydroxylation is 2. The van der Waals surface area contributed by atoms with Crippen molar-refractivity contribution in [3.63, 3.8) is 0 Å². The minimum atomic E-state index is -4.87. The number of hydrogen-bond acceptors (Lipinski definition) is 5. The van der Waals surface area contributed by atoms with E-state index in [0.29, 0.717) is 5.82 Å². The number of anilines is 1. The molecule has 0 aliphatic rings. The summed E-state index contributed by atoms with van der Waals surface area (Å²) in [5.41, 5.74) is 1.45. The van der Waals surface area contributed by atoms with Crippen molar-refractivity contribution in [3.8, 4) is 11.6 Å². The van der Waals surface area contributed by atoms with Crippen LogP contribution in [0.2, 0.25) is 0 Å². The zero-order valence-corrected chi connectivity index (χ0v) is 14.3. The molecule has 0 saturated carbocycles. The van der Waals surface area contributed by atoms with Crippen molar-refractivity contribution in [1.29, 1.82) is 0 Å². The van der Waals surface area contributed by atoms with E-state index < -0.39 is 18.0 Å². The molecule has 1 amide bonds. The van der Waals surface area contributed by atoms with Crippen LogP contribution in [0.4, 0.5) is 18.9 Å². The number of benzene rings is 1. The number of aromatic nitrogens is 4. The summed E-state index contributed by atoms with van der Waals surface area (Å²) in [7, 11) is 0. The van der Waals surface area contributed by atoms with Crippen LogP contribution in [0.15, 0.2) is 42.5 Å². The number of carbonyl (C=O) groups excluding carboxylic acids is 1. The van der Waals surface area contributed by atoms with Crippen LogP contribution in [0.25, 0.3) is 5.82 Å². The monoisotopic (exact) mass is 377 g/mol. The minimum Gasteiger partial charge on any atom is -0.404 e. The molecule has 0 atom stereocenters. The van der Waals surface area contributed by atoms with Gasteiger partial charge in [-0.3, -0.25) is 4.79 Å². The summed E-state index contributed by atoms with van der Waals surface area (Å²) in [5, 5.41) is 14.4. The van der Waals surface area contributed by atoms with Gasteiger partial charge in [0.05, 0.1) is 11.4 Å². The number of alkyl halides is 3. The summed E-state index contributed by atoms with van der Waals surface area (Å²) in [5.74, 6) is -0.829. The molecular formula is C17H14F3N5O2. The van der Waals surface area contributed by atoms with Gasteiger partial charge >= 0.3 is 6.36 Å². The van der Waals surface area contributed by atoms with Gasteiger partial charge in [-0.1, -0.05) is 12.1 Å². The SMILES string of the molecule is Cc1cc(C)n(-c2ccc(C(=O)Nc3ccccc3OC(F)(F)F)nn2)n1. The second-order valence-electron chi connectivity index (χ2n) is 5.61. The zero-order valence-electron chi connectivity index (χ0n) is 14.3. The maximum Gasteiger partial charge on any atom is 0.573 e. The van der Waals surface area contributed by atoms with Crippen LogP contribution in [0.5, 0.6) is 5.75 Å². The fourth-order valence-corrected chi connectivity index (χ4v) is 2.39. The Bertz CT molecular complexity index is 967. The fourth-order valence-electron chi connectivity index (χ4n) is 2.39. The van der Waals surface area contributed by atoms with E-state index in [0.717, 1.165) is 17.5 Å². The molecule has 2 aromatic heterocycles. The van der Waals surface area contributed by atoms with E-state index in [1.165, 1.54) is 24.3 Å². The lowest BCUT2D eigenvalue weighted by molar-refractivity contribution is -0.274. The lowest BCUT2D eigenvalue weighted by atomic mass is 10.2. The number of amides is 1. The predicted octanol–water partition coefficient (Wildman–Crippen LogP) is 3.43.